The van der Waals surface area contributed by atoms with Crippen LogP contribution in [-0.2, 0) is 19.1 Å². The molecule has 0 aliphatic heterocycles. The SMILES string of the molecule is CC(OC(=O)C(O)(C(F)(F)F)C(F)(F)F)C(=O)OC(C)(C)C1CCCCC1. The highest BCUT2D eigenvalue weighted by atomic mass is 19.4. The highest BCUT2D eigenvalue weighted by molar-refractivity contribution is 5.85. The van der Waals surface area contributed by atoms with E-state index in [1.54, 1.807) is 13.8 Å². The average Bonchev–Trinajstić information content (AvgIpc) is 2.52. The Kier molecular flexibility index (Phi) is 6.83. The Morgan fingerprint density at radius 2 is 1.41 bits per heavy atom. The van der Waals surface area contributed by atoms with Gasteiger partial charge in [0.05, 0.1) is 0 Å². The Hall–Kier alpha value is -1.52. The van der Waals surface area contributed by atoms with Crippen molar-refractivity contribution in [3.8, 4) is 0 Å². The molecule has 0 aromatic carbocycles. The molecule has 1 aliphatic carbocycles. The number of hydrogen-bond donors (Lipinski definition) is 1. The Morgan fingerprint density at radius 1 is 0.963 bits per heavy atom. The second kappa shape index (κ2) is 7.84. The first-order valence-electron chi connectivity index (χ1n) is 8.34. The van der Waals surface area contributed by atoms with Gasteiger partial charge in [-0.1, -0.05) is 19.3 Å². The summed E-state index contributed by atoms with van der Waals surface area (Å²) in [5.74, 6) is -4.38. The maximum atomic E-state index is 12.6. The molecule has 27 heavy (non-hydrogen) atoms. The van der Waals surface area contributed by atoms with Crippen molar-refractivity contribution in [3.05, 3.63) is 0 Å². The van der Waals surface area contributed by atoms with Crippen molar-refractivity contribution in [2.45, 2.75) is 82.5 Å². The van der Waals surface area contributed by atoms with Gasteiger partial charge < -0.3 is 14.6 Å². The molecule has 0 spiro atoms. The van der Waals surface area contributed by atoms with Crippen LogP contribution < -0.4 is 0 Å². The molecule has 1 fully saturated rings. The van der Waals surface area contributed by atoms with Crippen LogP contribution in [0, 0.1) is 5.92 Å². The van der Waals surface area contributed by atoms with Gasteiger partial charge in [0.2, 0.25) is 0 Å². The van der Waals surface area contributed by atoms with E-state index in [0.717, 1.165) is 39.0 Å². The van der Waals surface area contributed by atoms with E-state index in [1.165, 1.54) is 0 Å². The van der Waals surface area contributed by atoms with Gasteiger partial charge in [0.25, 0.3) is 0 Å². The highest BCUT2D eigenvalue weighted by Gasteiger charge is 2.77. The number of aliphatic hydroxyl groups is 1. The summed E-state index contributed by atoms with van der Waals surface area (Å²) in [6, 6.07) is 0. The summed E-state index contributed by atoms with van der Waals surface area (Å²) in [5.41, 5.74) is -6.78. The Labute approximate surface area is 152 Å². The fourth-order valence-corrected chi connectivity index (χ4v) is 2.91. The van der Waals surface area contributed by atoms with Crippen LogP contribution >= 0.6 is 0 Å². The lowest BCUT2D eigenvalue weighted by molar-refractivity contribution is -0.357. The van der Waals surface area contributed by atoms with Crippen LogP contribution in [0.15, 0.2) is 0 Å². The lowest BCUT2D eigenvalue weighted by Crippen LogP contribution is -2.63. The first kappa shape index (κ1) is 23.5. The van der Waals surface area contributed by atoms with Gasteiger partial charge in [0.15, 0.2) is 6.10 Å². The topological polar surface area (TPSA) is 72.8 Å². The molecule has 1 aliphatic rings. The van der Waals surface area contributed by atoms with Crippen LogP contribution in [0.4, 0.5) is 26.3 Å². The zero-order chi connectivity index (χ0) is 21.3. The molecule has 0 aromatic heterocycles. The minimum absolute atomic E-state index is 0.0413. The number of halogens is 6. The zero-order valence-electron chi connectivity index (χ0n) is 15.0. The van der Waals surface area contributed by atoms with Crippen LogP contribution in [0.1, 0.15) is 52.9 Å². The molecular formula is C16H22F6O5. The van der Waals surface area contributed by atoms with E-state index in [-0.39, 0.29) is 5.92 Å². The minimum Gasteiger partial charge on any atom is -0.457 e. The molecule has 1 saturated carbocycles. The monoisotopic (exact) mass is 408 g/mol. The number of hydrogen-bond acceptors (Lipinski definition) is 5. The summed E-state index contributed by atoms with van der Waals surface area (Å²) in [6.07, 6.45) is -10.5. The van der Waals surface area contributed by atoms with Crippen molar-refractivity contribution >= 4 is 11.9 Å². The molecular weight excluding hydrogens is 386 g/mol. The van der Waals surface area contributed by atoms with Gasteiger partial charge >= 0.3 is 29.9 Å². The zero-order valence-corrected chi connectivity index (χ0v) is 15.0. The maximum absolute atomic E-state index is 12.6. The van der Waals surface area contributed by atoms with Crippen LogP contribution in [0.2, 0.25) is 0 Å². The van der Waals surface area contributed by atoms with E-state index >= 15 is 0 Å². The van der Waals surface area contributed by atoms with Gasteiger partial charge in [-0.2, -0.15) is 26.3 Å². The second-order valence-electron chi connectivity index (χ2n) is 7.11. The molecule has 0 aromatic rings. The number of carbonyl (C=O) groups excluding carboxylic acids is 2. The molecule has 0 bridgehead atoms. The largest absolute Gasteiger partial charge is 0.457 e. The van der Waals surface area contributed by atoms with Gasteiger partial charge in [-0.05, 0) is 39.5 Å². The predicted octanol–water partition coefficient (Wildman–Crippen LogP) is 3.68. The molecule has 0 saturated heterocycles. The van der Waals surface area contributed by atoms with Gasteiger partial charge in [-0.25, -0.2) is 9.59 Å². The number of rotatable bonds is 5. The summed E-state index contributed by atoms with van der Waals surface area (Å²) >= 11 is 0. The molecule has 11 heteroatoms. The van der Waals surface area contributed by atoms with Gasteiger partial charge in [-0.15, -0.1) is 0 Å². The van der Waals surface area contributed by atoms with Crippen LogP contribution in [-0.4, -0.2) is 46.7 Å². The molecule has 1 N–H and O–H groups in total. The fraction of sp³-hybridized carbons (Fsp3) is 0.875. The van der Waals surface area contributed by atoms with Gasteiger partial charge in [-0.3, -0.25) is 0 Å². The van der Waals surface area contributed by atoms with Crippen LogP contribution in [0.5, 0.6) is 0 Å². The van der Waals surface area contributed by atoms with Crippen molar-refractivity contribution in [2.75, 3.05) is 0 Å². The normalized spacial score (nSPS) is 18.7. The van der Waals surface area contributed by atoms with Crippen molar-refractivity contribution in [2.24, 2.45) is 5.92 Å². The minimum atomic E-state index is -6.38. The summed E-state index contributed by atoms with van der Waals surface area (Å²) in [6.45, 7) is 3.90. The lowest BCUT2D eigenvalue weighted by atomic mass is 9.79. The summed E-state index contributed by atoms with van der Waals surface area (Å²) < 4.78 is 84.9. The average molecular weight is 408 g/mol. The number of carbonyl (C=O) groups is 2. The quantitative estimate of drug-likeness (QED) is 0.555. The lowest BCUT2D eigenvalue weighted by Gasteiger charge is -2.37. The first-order chi connectivity index (χ1) is 12.0. The van der Waals surface area contributed by atoms with Crippen LogP contribution in [0.25, 0.3) is 0 Å². The molecule has 0 radical (unpaired) electrons. The highest BCUT2D eigenvalue weighted by Crippen LogP contribution is 2.44. The third-order valence-corrected chi connectivity index (χ3v) is 4.68. The smallest absolute Gasteiger partial charge is 0.437 e. The van der Waals surface area contributed by atoms with Gasteiger partial charge in [0, 0.05) is 0 Å². The molecule has 1 unspecified atom stereocenters. The Bertz CT molecular complexity index is 534. The molecule has 0 heterocycles. The third kappa shape index (κ3) is 5.05. The van der Waals surface area contributed by atoms with Crippen molar-refractivity contribution in [3.63, 3.8) is 0 Å². The van der Waals surface area contributed by atoms with E-state index in [4.69, 9.17) is 9.84 Å². The van der Waals surface area contributed by atoms with Gasteiger partial charge in [0.1, 0.15) is 5.60 Å². The maximum Gasteiger partial charge on any atom is 0.437 e. The van der Waals surface area contributed by atoms with E-state index in [9.17, 15) is 35.9 Å². The summed E-state index contributed by atoms with van der Waals surface area (Å²) in [4.78, 5) is 23.4. The Morgan fingerprint density at radius 3 is 1.81 bits per heavy atom. The summed E-state index contributed by atoms with van der Waals surface area (Å²) in [5, 5.41) is 8.94. The second-order valence-corrected chi connectivity index (χ2v) is 7.11. The number of ether oxygens (including phenoxy) is 2. The first-order valence-corrected chi connectivity index (χ1v) is 8.34. The molecule has 158 valence electrons. The van der Waals surface area contributed by atoms with Crippen LogP contribution in [0.3, 0.4) is 0 Å². The van der Waals surface area contributed by atoms with E-state index in [1.807, 2.05) is 0 Å². The van der Waals surface area contributed by atoms with E-state index < -0.39 is 41.6 Å². The van der Waals surface area contributed by atoms with Crippen molar-refractivity contribution in [1.82, 2.24) is 0 Å². The molecule has 1 rings (SSSR count). The number of esters is 2. The van der Waals surface area contributed by atoms with E-state index in [2.05, 4.69) is 4.74 Å². The molecule has 0 amide bonds. The predicted molar refractivity (Wildman–Crippen MR) is 79.4 cm³/mol. The molecule has 1 atom stereocenters. The standard InChI is InChI=1S/C16H22F6O5/c1-9(11(23)27-13(2,3)10-7-5-4-6-8-10)26-12(24)14(25,15(17,18)19)16(20,21)22/h9-10,25H,4-8H2,1-3H3. The Balaban J connectivity index is 2.85. The fourth-order valence-electron chi connectivity index (χ4n) is 2.91. The van der Waals surface area contributed by atoms with Crippen molar-refractivity contribution < 1.29 is 50.5 Å². The third-order valence-electron chi connectivity index (χ3n) is 4.68. The molecule has 5 nitrogen and oxygen atoms in total. The van der Waals surface area contributed by atoms with Crippen molar-refractivity contribution in [1.29, 1.82) is 0 Å². The summed E-state index contributed by atoms with van der Waals surface area (Å²) in [7, 11) is 0. The van der Waals surface area contributed by atoms with E-state index in [0.29, 0.717) is 0 Å². The number of alkyl halides is 6.